The maximum Gasteiger partial charge on any atom is 0.319 e. The zero-order valence-electron chi connectivity index (χ0n) is 30.8. The molecular weight excluding hydrogens is 745 g/mol. The number of carbonyl (C=O) groups excluding carboxylic acids is 1. The molecule has 0 N–H and O–H groups in total. The zero-order chi connectivity index (χ0) is 38.6. The van der Waals surface area contributed by atoms with Gasteiger partial charge in [-0.15, -0.1) is 0 Å². The lowest BCUT2D eigenvalue weighted by Gasteiger charge is -2.41. The van der Waals surface area contributed by atoms with Crippen LogP contribution in [0.5, 0.6) is 6.01 Å². The van der Waals surface area contributed by atoms with E-state index in [0.29, 0.717) is 60.1 Å². The lowest BCUT2D eigenvalue weighted by molar-refractivity contribution is -0.128. The molecule has 7 heterocycles. The van der Waals surface area contributed by atoms with Gasteiger partial charge in [0, 0.05) is 75.5 Å². The van der Waals surface area contributed by atoms with Crippen LogP contribution in [-0.4, -0.2) is 124 Å². The van der Waals surface area contributed by atoms with Crippen LogP contribution < -0.4 is 9.64 Å². The Morgan fingerprint density at radius 2 is 1.93 bits per heavy atom. The van der Waals surface area contributed by atoms with Crippen molar-refractivity contribution < 1.29 is 27.4 Å². The van der Waals surface area contributed by atoms with Crippen LogP contribution in [0.2, 0.25) is 5.02 Å². The number of ether oxygens (including phenoxy) is 2. The van der Waals surface area contributed by atoms with Crippen molar-refractivity contribution in [2.45, 2.75) is 68.5 Å². The molecule has 15 heteroatoms. The van der Waals surface area contributed by atoms with E-state index in [0.717, 1.165) is 45.3 Å². The van der Waals surface area contributed by atoms with Gasteiger partial charge in [-0.25, -0.2) is 13.2 Å². The van der Waals surface area contributed by atoms with Crippen LogP contribution in [0.15, 0.2) is 48.7 Å². The van der Waals surface area contributed by atoms with Gasteiger partial charge in [0.1, 0.15) is 35.6 Å². The molecule has 2 unspecified atom stereocenters. The topological polar surface area (TPSA) is 111 Å². The average molecular weight is 787 g/mol. The summed E-state index contributed by atoms with van der Waals surface area (Å²) in [7, 11) is 0. The first kappa shape index (κ1) is 37.1. The monoisotopic (exact) mass is 786 g/mol. The van der Waals surface area contributed by atoms with Crippen molar-refractivity contribution >= 4 is 45.0 Å². The van der Waals surface area contributed by atoms with Gasteiger partial charge in [-0.3, -0.25) is 19.6 Å². The van der Waals surface area contributed by atoms with Crippen LogP contribution in [0.25, 0.3) is 32.9 Å². The number of anilines is 1. The number of piperazine rings is 1. The number of pyridine rings is 1. The van der Waals surface area contributed by atoms with E-state index in [2.05, 4.69) is 25.8 Å². The van der Waals surface area contributed by atoms with Gasteiger partial charge in [-0.2, -0.15) is 15.2 Å². The number of amides is 1. The summed E-state index contributed by atoms with van der Waals surface area (Å²) >= 11 is 6.44. The minimum absolute atomic E-state index is 0.0649. The molecule has 292 valence electrons. The number of carbonyl (C=O) groups is 1. The Balaban J connectivity index is 1.04. The molecule has 0 spiro atoms. The Hall–Kier alpha value is -4.55. The third kappa shape index (κ3) is 6.82. The summed E-state index contributed by atoms with van der Waals surface area (Å²) in [4.78, 5) is 35.5. The van der Waals surface area contributed by atoms with Crippen molar-refractivity contribution in [1.29, 1.82) is 5.26 Å². The SMILES string of the molecule is N#CC[C@H]1CN(c2nc(OC[C@@]34CCCN3C[C@H](F)C4)nc3c(F)c(-c4cccc5ccc(F)c(Cl)c45)ncc23)CCN1C(=O)/C=C/CN1CC2CCC(C1)O2. The summed E-state index contributed by atoms with van der Waals surface area (Å²) in [5.74, 6) is -1.24. The second-order valence-corrected chi connectivity index (χ2v) is 16.1. The lowest BCUT2D eigenvalue weighted by Crippen LogP contribution is -2.55. The summed E-state index contributed by atoms with van der Waals surface area (Å²) in [5, 5.41) is 10.9. The minimum atomic E-state index is -0.962. The molecule has 2 bridgehead atoms. The largest absolute Gasteiger partial charge is 0.461 e. The number of benzene rings is 2. The Bertz CT molecular complexity index is 2250. The van der Waals surface area contributed by atoms with E-state index in [9.17, 15) is 18.8 Å². The molecule has 2 aromatic carbocycles. The number of hydrogen-bond acceptors (Lipinski definition) is 10. The number of halogens is 4. The molecule has 5 fully saturated rings. The number of nitrogens with zero attached hydrogens (tertiary/aromatic N) is 8. The molecule has 9 rings (SSSR count). The number of aromatic nitrogens is 3. The smallest absolute Gasteiger partial charge is 0.319 e. The van der Waals surface area contributed by atoms with Crippen LogP contribution >= 0.6 is 11.6 Å². The number of likely N-dealkylation sites (tertiary alicyclic amines) is 1. The van der Waals surface area contributed by atoms with Crippen LogP contribution in [0.3, 0.4) is 0 Å². The molecule has 5 aliphatic heterocycles. The Morgan fingerprint density at radius 3 is 2.75 bits per heavy atom. The van der Waals surface area contributed by atoms with Gasteiger partial charge in [0.2, 0.25) is 5.91 Å². The highest BCUT2D eigenvalue weighted by molar-refractivity contribution is 6.36. The second-order valence-electron chi connectivity index (χ2n) is 15.7. The normalized spacial score (nSPS) is 26.8. The number of hydrogen-bond donors (Lipinski definition) is 0. The minimum Gasteiger partial charge on any atom is -0.461 e. The predicted molar refractivity (Wildman–Crippen MR) is 205 cm³/mol. The first-order valence-corrected chi connectivity index (χ1v) is 19.8. The van der Waals surface area contributed by atoms with Crippen molar-refractivity contribution in [2.75, 3.05) is 63.9 Å². The lowest BCUT2D eigenvalue weighted by atomic mass is 9.95. The molecule has 2 aromatic heterocycles. The molecule has 1 amide bonds. The highest BCUT2D eigenvalue weighted by Crippen LogP contribution is 2.42. The van der Waals surface area contributed by atoms with Gasteiger partial charge >= 0.3 is 6.01 Å². The Morgan fingerprint density at radius 1 is 1.09 bits per heavy atom. The average Bonchev–Trinajstić information content (AvgIpc) is 3.85. The van der Waals surface area contributed by atoms with E-state index >= 15 is 4.39 Å². The Labute approximate surface area is 327 Å². The second kappa shape index (κ2) is 15.1. The summed E-state index contributed by atoms with van der Waals surface area (Å²) in [6.07, 6.45) is 8.75. The molecule has 11 nitrogen and oxygen atoms in total. The first-order chi connectivity index (χ1) is 27.2. The fraction of sp³-hybridized carbons (Fsp3) is 0.488. The van der Waals surface area contributed by atoms with Gasteiger partial charge in [0.15, 0.2) is 5.82 Å². The summed E-state index contributed by atoms with van der Waals surface area (Å²) in [5.41, 5.74) is -0.339. The van der Waals surface area contributed by atoms with E-state index in [4.69, 9.17) is 26.1 Å². The molecular formula is C41H42ClF3N8O3. The molecule has 4 aromatic rings. The van der Waals surface area contributed by atoms with E-state index < -0.39 is 29.4 Å². The third-order valence-electron chi connectivity index (χ3n) is 12.2. The number of nitriles is 1. The van der Waals surface area contributed by atoms with Crippen LogP contribution in [0, 0.1) is 23.0 Å². The summed E-state index contributed by atoms with van der Waals surface area (Å²) < 4.78 is 58.5. The highest BCUT2D eigenvalue weighted by atomic mass is 35.5. The van der Waals surface area contributed by atoms with Crippen molar-refractivity contribution in [3.8, 4) is 23.3 Å². The van der Waals surface area contributed by atoms with Crippen molar-refractivity contribution in [3.63, 3.8) is 0 Å². The molecule has 0 radical (unpaired) electrons. The number of morpholine rings is 1. The van der Waals surface area contributed by atoms with Crippen LogP contribution in [0.1, 0.15) is 38.5 Å². The standard InChI is InChI=1S/C41H42ClF3N8O3/c42-35-32(44)10-7-25-4-1-5-30(34(25)35)37-36(45)38-31(19-47-37)39(49-40(48-38)55-24-41-12-3-15-52(41)20-26(43)18-41)51-16-17-53(27(21-51)11-13-46)33(54)6-2-14-50-22-28-8-9-29(23-50)56-28/h1-2,4-7,10,19,26-29H,3,8-9,11-12,14-18,20-24H2/b6-2+/t26-,27+,28?,29?,41+/m1/s1. The number of fused-ring (bicyclic) bond motifs is 5. The van der Waals surface area contributed by atoms with E-state index in [1.54, 1.807) is 35.2 Å². The number of rotatable bonds is 9. The predicted octanol–water partition coefficient (Wildman–Crippen LogP) is 6.08. The molecule has 5 aliphatic rings. The van der Waals surface area contributed by atoms with Gasteiger partial charge in [0.25, 0.3) is 0 Å². The molecule has 5 atom stereocenters. The summed E-state index contributed by atoms with van der Waals surface area (Å²) in [6.45, 7) is 4.48. The van der Waals surface area contributed by atoms with Gasteiger partial charge in [0.05, 0.1) is 46.7 Å². The van der Waals surface area contributed by atoms with Crippen LogP contribution in [-0.2, 0) is 9.53 Å². The van der Waals surface area contributed by atoms with Crippen LogP contribution in [0.4, 0.5) is 19.0 Å². The highest BCUT2D eigenvalue weighted by Gasteiger charge is 2.49. The number of alkyl halides is 1. The first-order valence-electron chi connectivity index (χ1n) is 19.4. The fourth-order valence-corrected chi connectivity index (χ4v) is 9.81. The van der Waals surface area contributed by atoms with E-state index in [-0.39, 0.29) is 59.9 Å². The van der Waals surface area contributed by atoms with Crippen molar-refractivity contribution in [3.05, 3.63) is 65.3 Å². The molecule has 0 saturated carbocycles. The van der Waals surface area contributed by atoms with E-state index in [1.165, 1.54) is 12.3 Å². The summed E-state index contributed by atoms with van der Waals surface area (Å²) in [6, 6.07) is 9.63. The maximum atomic E-state index is 17.0. The molecule has 0 aliphatic carbocycles. The zero-order valence-corrected chi connectivity index (χ0v) is 31.6. The van der Waals surface area contributed by atoms with Crippen molar-refractivity contribution in [1.82, 2.24) is 29.7 Å². The third-order valence-corrected chi connectivity index (χ3v) is 12.6. The van der Waals surface area contributed by atoms with Gasteiger partial charge in [-0.05, 0) is 43.7 Å². The maximum absolute atomic E-state index is 17.0. The van der Waals surface area contributed by atoms with Crippen molar-refractivity contribution in [2.24, 2.45) is 0 Å². The molecule has 56 heavy (non-hydrogen) atoms. The van der Waals surface area contributed by atoms with Gasteiger partial charge in [-0.1, -0.05) is 41.9 Å². The Kier molecular flexibility index (Phi) is 9.98. The van der Waals surface area contributed by atoms with E-state index in [1.807, 2.05) is 11.0 Å². The van der Waals surface area contributed by atoms with Gasteiger partial charge < -0.3 is 19.3 Å². The molecule has 5 saturated heterocycles. The fourth-order valence-electron chi connectivity index (χ4n) is 9.53. The quantitative estimate of drug-likeness (QED) is 0.185.